The maximum absolute atomic E-state index is 12.0. The summed E-state index contributed by atoms with van der Waals surface area (Å²) in [6, 6.07) is 7.45. The quantitative estimate of drug-likeness (QED) is 0.758. The predicted octanol–water partition coefficient (Wildman–Crippen LogP) is 2.64. The van der Waals surface area contributed by atoms with Crippen molar-refractivity contribution in [2.75, 3.05) is 6.61 Å². The number of furan rings is 1. The molecule has 0 saturated carbocycles. The van der Waals surface area contributed by atoms with Gasteiger partial charge >= 0.3 is 0 Å². The Hall–Kier alpha value is -2.03. The molecular formula is C14H12O3. The van der Waals surface area contributed by atoms with Gasteiger partial charge in [-0.05, 0) is 35.4 Å². The van der Waals surface area contributed by atoms with Gasteiger partial charge in [-0.3, -0.25) is 4.79 Å². The number of ether oxygens (including phenoxy) is 1. The molecule has 0 saturated heterocycles. The Bertz CT molecular complexity index is 541. The fraction of sp³-hybridized carbons (Fsp3) is 0.214. The summed E-state index contributed by atoms with van der Waals surface area (Å²) >= 11 is 0. The molecule has 0 N–H and O–H groups in total. The van der Waals surface area contributed by atoms with Crippen molar-refractivity contribution in [3.8, 4) is 5.75 Å². The van der Waals surface area contributed by atoms with E-state index in [1.54, 1.807) is 12.5 Å². The Morgan fingerprint density at radius 1 is 1.29 bits per heavy atom. The Morgan fingerprint density at radius 3 is 3.06 bits per heavy atom. The number of rotatable bonds is 3. The van der Waals surface area contributed by atoms with E-state index in [4.69, 9.17) is 9.15 Å². The van der Waals surface area contributed by atoms with Crippen LogP contribution in [0.5, 0.6) is 5.75 Å². The number of hydrogen-bond acceptors (Lipinski definition) is 3. The minimum absolute atomic E-state index is 0.112. The summed E-state index contributed by atoms with van der Waals surface area (Å²) in [5, 5.41) is 0. The van der Waals surface area contributed by atoms with Crippen molar-refractivity contribution in [1.82, 2.24) is 0 Å². The highest BCUT2D eigenvalue weighted by Gasteiger charge is 2.15. The molecule has 1 aromatic carbocycles. The monoisotopic (exact) mass is 228 g/mol. The van der Waals surface area contributed by atoms with Gasteiger partial charge in [-0.1, -0.05) is 0 Å². The van der Waals surface area contributed by atoms with Crippen LogP contribution in [0.1, 0.15) is 21.5 Å². The van der Waals surface area contributed by atoms with Crippen LogP contribution in [0.2, 0.25) is 0 Å². The molecule has 2 aromatic rings. The Morgan fingerprint density at radius 2 is 2.24 bits per heavy atom. The minimum atomic E-state index is 0.112. The second kappa shape index (κ2) is 4.09. The average molecular weight is 228 g/mol. The highest BCUT2D eigenvalue weighted by Crippen LogP contribution is 2.26. The number of benzene rings is 1. The lowest BCUT2D eigenvalue weighted by molar-refractivity contribution is 0.0992. The smallest absolute Gasteiger partial charge is 0.167 e. The molecule has 0 atom stereocenters. The molecule has 0 unspecified atom stereocenters. The topological polar surface area (TPSA) is 39.4 Å². The van der Waals surface area contributed by atoms with Crippen molar-refractivity contribution < 1.29 is 13.9 Å². The molecule has 1 aromatic heterocycles. The first-order valence-electron chi connectivity index (χ1n) is 5.63. The number of hydrogen-bond donors (Lipinski definition) is 0. The van der Waals surface area contributed by atoms with Crippen LogP contribution in [-0.4, -0.2) is 12.4 Å². The van der Waals surface area contributed by atoms with Gasteiger partial charge in [0.1, 0.15) is 5.75 Å². The van der Waals surface area contributed by atoms with E-state index in [1.807, 2.05) is 24.3 Å². The molecular weight excluding hydrogens is 216 g/mol. The zero-order chi connectivity index (χ0) is 11.7. The normalized spacial score (nSPS) is 13.2. The molecule has 0 fully saturated rings. The van der Waals surface area contributed by atoms with Crippen LogP contribution in [-0.2, 0) is 12.8 Å². The van der Waals surface area contributed by atoms with Crippen LogP contribution in [0, 0.1) is 0 Å². The molecule has 3 nitrogen and oxygen atoms in total. The average Bonchev–Trinajstić information content (AvgIpc) is 2.97. The third-order valence-electron chi connectivity index (χ3n) is 2.96. The van der Waals surface area contributed by atoms with E-state index in [9.17, 15) is 4.79 Å². The van der Waals surface area contributed by atoms with Crippen LogP contribution in [0.3, 0.4) is 0 Å². The van der Waals surface area contributed by atoms with Crippen molar-refractivity contribution in [3.63, 3.8) is 0 Å². The number of fused-ring (bicyclic) bond motifs is 1. The fourth-order valence-electron chi connectivity index (χ4n) is 2.04. The first-order valence-corrected chi connectivity index (χ1v) is 5.63. The highest BCUT2D eigenvalue weighted by atomic mass is 16.5. The Kier molecular flexibility index (Phi) is 2.44. The van der Waals surface area contributed by atoms with E-state index in [0.717, 1.165) is 28.9 Å². The van der Waals surface area contributed by atoms with Gasteiger partial charge in [-0.15, -0.1) is 0 Å². The third kappa shape index (κ3) is 1.96. The first-order chi connectivity index (χ1) is 8.33. The van der Waals surface area contributed by atoms with Crippen LogP contribution < -0.4 is 4.74 Å². The molecule has 0 amide bonds. The van der Waals surface area contributed by atoms with E-state index in [0.29, 0.717) is 13.0 Å². The largest absolute Gasteiger partial charge is 0.493 e. The summed E-state index contributed by atoms with van der Waals surface area (Å²) in [6.45, 7) is 0.717. The Balaban J connectivity index is 1.82. The Labute approximate surface area is 99.0 Å². The molecule has 1 aliphatic rings. The number of carbonyl (C=O) groups excluding carboxylic acids is 1. The zero-order valence-electron chi connectivity index (χ0n) is 9.31. The minimum Gasteiger partial charge on any atom is -0.493 e. The lowest BCUT2D eigenvalue weighted by Gasteiger charge is -2.02. The van der Waals surface area contributed by atoms with Gasteiger partial charge in [-0.2, -0.15) is 0 Å². The second-order valence-corrected chi connectivity index (χ2v) is 4.15. The lowest BCUT2D eigenvalue weighted by atomic mass is 10.0. The summed E-state index contributed by atoms with van der Waals surface area (Å²) in [4.78, 5) is 12.0. The number of ketones is 1. The molecule has 3 heteroatoms. The van der Waals surface area contributed by atoms with Crippen LogP contribution >= 0.6 is 0 Å². The van der Waals surface area contributed by atoms with Crippen molar-refractivity contribution in [2.45, 2.75) is 12.8 Å². The molecule has 2 heterocycles. The van der Waals surface area contributed by atoms with Gasteiger partial charge in [0.05, 0.1) is 19.1 Å². The summed E-state index contributed by atoms with van der Waals surface area (Å²) in [6.07, 6.45) is 4.46. The molecule has 0 spiro atoms. The highest BCUT2D eigenvalue weighted by molar-refractivity contribution is 5.97. The van der Waals surface area contributed by atoms with Gasteiger partial charge in [0, 0.05) is 18.4 Å². The van der Waals surface area contributed by atoms with Crippen molar-refractivity contribution in [3.05, 3.63) is 53.5 Å². The van der Waals surface area contributed by atoms with Gasteiger partial charge in [0.25, 0.3) is 0 Å². The molecule has 0 aliphatic carbocycles. The summed E-state index contributed by atoms with van der Waals surface area (Å²) in [5.74, 6) is 1.02. The summed E-state index contributed by atoms with van der Waals surface area (Å²) in [7, 11) is 0. The van der Waals surface area contributed by atoms with E-state index in [-0.39, 0.29) is 5.78 Å². The predicted molar refractivity (Wildman–Crippen MR) is 62.4 cm³/mol. The number of carbonyl (C=O) groups is 1. The maximum atomic E-state index is 12.0. The van der Waals surface area contributed by atoms with Gasteiger partial charge in [0.15, 0.2) is 5.78 Å². The molecule has 0 bridgehead atoms. The van der Waals surface area contributed by atoms with Crippen molar-refractivity contribution in [2.24, 2.45) is 0 Å². The van der Waals surface area contributed by atoms with Crippen molar-refractivity contribution >= 4 is 5.78 Å². The maximum Gasteiger partial charge on any atom is 0.167 e. The zero-order valence-corrected chi connectivity index (χ0v) is 9.31. The van der Waals surface area contributed by atoms with E-state index in [2.05, 4.69) is 0 Å². The van der Waals surface area contributed by atoms with E-state index < -0.39 is 0 Å². The molecule has 1 aliphatic heterocycles. The van der Waals surface area contributed by atoms with Gasteiger partial charge in [0.2, 0.25) is 0 Å². The van der Waals surface area contributed by atoms with E-state index >= 15 is 0 Å². The van der Waals surface area contributed by atoms with Gasteiger partial charge in [-0.25, -0.2) is 0 Å². The lowest BCUT2D eigenvalue weighted by Crippen LogP contribution is -2.03. The van der Waals surface area contributed by atoms with Crippen LogP contribution in [0.4, 0.5) is 0 Å². The number of Topliss-reactive ketones (excluding diaryl/α,β-unsaturated/α-hetero) is 1. The third-order valence-corrected chi connectivity index (χ3v) is 2.96. The molecule has 3 rings (SSSR count). The molecule has 0 radical (unpaired) electrons. The van der Waals surface area contributed by atoms with Crippen LogP contribution in [0.15, 0.2) is 41.2 Å². The fourth-order valence-corrected chi connectivity index (χ4v) is 2.04. The summed E-state index contributed by atoms with van der Waals surface area (Å²) in [5.41, 5.74) is 2.78. The first kappa shape index (κ1) is 10.1. The molecule has 86 valence electrons. The standard InChI is InChI=1S/C14H12O3/c15-13(7-10-3-5-16-9-10)11-1-2-14-12(8-11)4-6-17-14/h1-3,5,8-9H,4,6-7H2. The van der Waals surface area contributed by atoms with Crippen molar-refractivity contribution in [1.29, 1.82) is 0 Å². The van der Waals surface area contributed by atoms with Crippen LogP contribution in [0.25, 0.3) is 0 Å². The summed E-state index contributed by atoms with van der Waals surface area (Å²) < 4.78 is 10.4. The molecule has 17 heavy (non-hydrogen) atoms. The van der Waals surface area contributed by atoms with E-state index in [1.165, 1.54) is 0 Å². The second-order valence-electron chi connectivity index (χ2n) is 4.15. The van der Waals surface area contributed by atoms with Gasteiger partial charge < -0.3 is 9.15 Å². The SMILES string of the molecule is O=C(Cc1ccoc1)c1ccc2c(c1)CCO2.